The van der Waals surface area contributed by atoms with Crippen LogP contribution in [0, 0.1) is 6.92 Å². The minimum absolute atomic E-state index is 0.0391. The van der Waals surface area contributed by atoms with Gasteiger partial charge < -0.3 is 26.4 Å². The lowest BCUT2D eigenvalue weighted by atomic mass is 10.1. The number of nitrogens with one attached hydrogen (secondary N) is 1. The van der Waals surface area contributed by atoms with Crippen molar-refractivity contribution in [3.8, 4) is 11.5 Å². The number of phenols is 2. The summed E-state index contributed by atoms with van der Waals surface area (Å²) in [5.41, 5.74) is -0.325. The third-order valence-electron chi connectivity index (χ3n) is 7.63. The Hall–Kier alpha value is -4.37. The lowest BCUT2D eigenvalue weighted by molar-refractivity contribution is -0.127. The molecule has 1 amide bonds. The van der Waals surface area contributed by atoms with Gasteiger partial charge in [0.15, 0.2) is 5.69 Å². The number of alkyl halides is 6. The van der Waals surface area contributed by atoms with Gasteiger partial charge in [-0.25, -0.2) is 14.8 Å². The number of carbonyl (C=O) groups excluding carboxylic acids is 3. The number of halogens is 8. The fourth-order valence-electron chi connectivity index (χ4n) is 4.72. The van der Waals surface area contributed by atoms with Crippen LogP contribution in [-0.4, -0.2) is 64.4 Å². The molecule has 0 saturated heterocycles. The fourth-order valence-corrected chi connectivity index (χ4v) is 6.70. The zero-order valence-electron chi connectivity index (χ0n) is 30.7. The van der Waals surface area contributed by atoms with E-state index in [4.69, 9.17) is 15.9 Å². The number of nitrogens with zero attached hydrogens (tertiary/aromatic N) is 2. The van der Waals surface area contributed by atoms with Crippen LogP contribution in [0.15, 0.2) is 75.6 Å². The van der Waals surface area contributed by atoms with Gasteiger partial charge in [0.2, 0.25) is 0 Å². The van der Waals surface area contributed by atoms with Crippen LogP contribution in [-0.2, 0) is 9.59 Å². The summed E-state index contributed by atoms with van der Waals surface area (Å²) in [5, 5.41) is 27.8. The standard InChI is InChI=1S/C18H17F3N2O2S2.C10H11NO2.C7H6F3NOS.C2Cl2O2/c1-2-26-15-7-11(10-3-4-10)9-22-16(15)17(25)23-13-8-12(5-6-14(13)24)27-18(19,20)21;1-6-4-8(7-2-3-7)5-11-9(6)10(12)13;8-7(9,10)13-4-1-2-6(12)5(11)3-4;3-1(5)2(4)6/h5-10,24H,2-4H2,1H3,(H,23,25);4-5,7H,2-3H2,1H3,(H,12,13);1-3,12H,11H2;. The van der Waals surface area contributed by atoms with E-state index in [1.54, 1.807) is 19.3 Å². The number of hydrogen-bond acceptors (Lipinski definition) is 12. The first-order valence-corrected chi connectivity index (χ1v) is 20.3. The van der Waals surface area contributed by atoms with Crippen LogP contribution in [0.5, 0.6) is 11.5 Å². The van der Waals surface area contributed by atoms with E-state index in [1.807, 2.05) is 19.1 Å². The number of pyridine rings is 2. The Morgan fingerprint density at radius 2 is 1.25 bits per heavy atom. The first-order valence-electron chi connectivity index (χ1n) is 16.9. The molecule has 2 aliphatic rings. The van der Waals surface area contributed by atoms with Gasteiger partial charge in [-0.3, -0.25) is 14.4 Å². The van der Waals surface area contributed by atoms with Crippen molar-refractivity contribution in [3.05, 3.63) is 89.0 Å². The maximum absolute atomic E-state index is 12.6. The van der Waals surface area contributed by atoms with Crippen LogP contribution in [0.2, 0.25) is 0 Å². The van der Waals surface area contributed by atoms with Crippen LogP contribution in [0.25, 0.3) is 0 Å². The number of aromatic nitrogens is 2. The number of carboxylic acids is 1. The van der Waals surface area contributed by atoms with Gasteiger partial charge in [-0.05, 0) is 156 Å². The van der Waals surface area contributed by atoms with Crippen molar-refractivity contribution in [1.29, 1.82) is 0 Å². The second-order valence-corrected chi connectivity index (χ2v) is 16.6. The topological polar surface area (TPSA) is 193 Å². The van der Waals surface area contributed by atoms with Crippen LogP contribution >= 0.6 is 58.5 Å². The predicted octanol–water partition coefficient (Wildman–Crippen LogP) is 10.7. The molecule has 0 atom stereocenters. The highest BCUT2D eigenvalue weighted by atomic mass is 35.5. The van der Waals surface area contributed by atoms with Crippen LogP contribution in [0.4, 0.5) is 37.7 Å². The molecule has 0 spiro atoms. The largest absolute Gasteiger partial charge is 0.506 e. The number of amides is 1. The Morgan fingerprint density at radius 1 is 0.780 bits per heavy atom. The molecule has 2 heterocycles. The van der Waals surface area contributed by atoms with Crippen molar-refractivity contribution in [2.75, 3.05) is 16.8 Å². The fraction of sp³-hybridized carbons (Fsp3) is 0.297. The number of aromatic carboxylic acids is 1. The van der Waals surface area contributed by atoms with Gasteiger partial charge in [0.05, 0.1) is 11.4 Å². The van der Waals surface area contributed by atoms with Crippen molar-refractivity contribution < 1.29 is 60.8 Å². The Bertz CT molecular complexity index is 2150. The number of anilines is 2. The van der Waals surface area contributed by atoms with E-state index in [1.165, 1.54) is 30.2 Å². The summed E-state index contributed by atoms with van der Waals surface area (Å²) in [7, 11) is 0. The van der Waals surface area contributed by atoms with Gasteiger partial charge in [-0.2, -0.15) is 26.3 Å². The van der Waals surface area contributed by atoms with Gasteiger partial charge >= 0.3 is 27.5 Å². The Morgan fingerprint density at radius 3 is 1.68 bits per heavy atom. The second-order valence-electron chi connectivity index (χ2n) is 12.3. The molecule has 11 nitrogen and oxygen atoms in total. The van der Waals surface area contributed by atoms with Crippen molar-refractivity contribution in [3.63, 3.8) is 0 Å². The molecule has 6 rings (SSSR count). The molecule has 2 aromatic heterocycles. The molecule has 0 aliphatic heterocycles. The molecule has 318 valence electrons. The minimum Gasteiger partial charge on any atom is -0.506 e. The van der Waals surface area contributed by atoms with Gasteiger partial charge in [0, 0.05) is 27.1 Å². The number of rotatable bonds is 10. The highest BCUT2D eigenvalue weighted by Gasteiger charge is 2.31. The molecule has 2 fully saturated rings. The van der Waals surface area contributed by atoms with Gasteiger partial charge in [-0.15, -0.1) is 11.8 Å². The molecule has 0 radical (unpaired) electrons. The molecular weight excluding hydrogens is 894 g/mol. The SMILES string of the molecule is CCSc1cc(C2CC2)cnc1C(=O)Nc1cc(SC(F)(F)F)ccc1O.Cc1cc(C2CC2)cnc1C(=O)O.Nc1cc(SC(F)(F)F)ccc1O.O=C(Cl)C(=O)Cl. The molecule has 2 saturated carbocycles. The first kappa shape index (κ1) is 49.0. The summed E-state index contributed by atoms with van der Waals surface area (Å²) in [5.74, 6) is -0.169. The number of aryl methyl sites for hydroxylation is 1. The summed E-state index contributed by atoms with van der Waals surface area (Å²) >= 11 is 9.88. The molecule has 6 N–H and O–H groups in total. The van der Waals surface area contributed by atoms with E-state index in [-0.39, 0.29) is 67.6 Å². The Labute approximate surface area is 355 Å². The molecule has 0 bridgehead atoms. The van der Waals surface area contributed by atoms with E-state index in [2.05, 4.69) is 38.5 Å². The van der Waals surface area contributed by atoms with Gasteiger partial charge in [-0.1, -0.05) is 13.0 Å². The highest BCUT2D eigenvalue weighted by Crippen LogP contribution is 2.43. The monoisotopic (exact) mass is 926 g/mol. The predicted molar refractivity (Wildman–Crippen MR) is 215 cm³/mol. The zero-order valence-corrected chi connectivity index (χ0v) is 34.6. The summed E-state index contributed by atoms with van der Waals surface area (Å²) in [4.78, 5) is 50.9. The van der Waals surface area contributed by atoms with Gasteiger partial charge in [0.25, 0.3) is 5.91 Å². The number of hydrogen-bond donors (Lipinski definition) is 5. The number of carboxylic acid groups (broad SMARTS) is 1. The molecule has 2 aromatic carbocycles. The number of thioether (sulfide) groups is 3. The van der Waals surface area contributed by atoms with E-state index in [0.29, 0.717) is 11.8 Å². The third kappa shape index (κ3) is 17.4. The number of carbonyl (C=O) groups is 4. The number of aromatic hydroxyl groups is 2. The summed E-state index contributed by atoms with van der Waals surface area (Å²) < 4.78 is 73.1. The molecule has 2 aliphatic carbocycles. The van der Waals surface area contributed by atoms with Crippen LogP contribution < -0.4 is 11.1 Å². The maximum Gasteiger partial charge on any atom is 0.446 e. The van der Waals surface area contributed by atoms with Crippen molar-refractivity contribution >= 4 is 92.2 Å². The average molecular weight is 928 g/mol. The van der Waals surface area contributed by atoms with E-state index >= 15 is 0 Å². The zero-order chi connectivity index (χ0) is 44.2. The maximum atomic E-state index is 12.6. The van der Waals surface area contributed by atoms with Crippen LogP contribution in [0.1, 0.15) is 82.1 Å². The average Bonchev–Trinajstić information content (AvgIpc) is 4.05. The van der Waals surface area contributed by atoms with E-state index < -0.39 is 33.4 Å². The number of nitrogens with two attached hydrogens (primary N) is 1. The van der Waals surface area contributed by atoms with Crippen molar-refractivity contribution in [2.24, 2.45) is 0 Å². The second kappa shape index (κ2) is 21.8. The Balaban J connectivity index is 0.000000242. The first-order chi connectivity index (χ1) is 27.5. The van der Waals surface area contributed by atoms with E-state index in [9.17, 15) is 50.6 Å². The number of nitrogen functional groups attached to an aromatic ring is 1. The third-order valence-corrected chi connectivity index (χ3v) is 10.4. The normalized spacial score (nSPS) is 13.3. The van der Waals surface area contributed by atoms with Crippen LogP contribution in [0.3, 0.4) is 0 Å². The molecule has 0 unspecified atom stereocenters. The molecule has 22 heteroatoms. The molecular formula is C37H34Cl2F6N4O7S3. The van der Waals surface area contributed by atoms with E-state index in [0.717, 1.165) is 71.0 Å². The van der Waals surface area contributed by atoms with Crippen molar-refractivity contribution in [1.82, 2.24) is 9.97 Å². The highest BCUT2D eigenvalue weighted by molar-refractivity contribution is 8.00. The Kier molecular flexibility index (Phi) is 18.1. The summed E-state index contributed by atoms with van der Waals surface area (Å²) in [6.07, 6.45) is 8.01. The smallest absolute Gasteiger partial charge is 0.446 e. The quantitative estimate of drug-likeness (QED) is 0.0252. The number of benzene rings is 2. The minimum atomic E-state index is -4.45. The number of phenolic OH excluding ortho intramolecular Hbond substituents is 2. The summed E-state index contributed by atoms with van der Waals surface area (Å²) in [6.45, 7) is 3.75. The van der Waals surface area contributed by atoms with Gasteiger partial charge in [0.1, 0.15) is 17.2 Å². The summed E-state index contributed by atoms with van der Waals surface area (Å²) in [6, 6.07) is 10.6. The lowest BCUT2D eigenvalue weighted by Crippen LogP contribution is -2.15. The lowest BCUT2D eigenvalue weighted by Gasteiger charge is -2.12. The van der Waals surface area contributed by atoms with Crippen molar-refractivity contribution in [2.45, 2.75) is 77.1 Å². The molecule has 4 aromatic rings. The molecule has 59 heavy (non-hydrogen) atoms.